The fraction of sp³-hybridized carbons (Fsp3) is 0.200. The van der Waals surface area contributed by atoms with Crippen molar-refractivity contribution in [3.63, 3.8) is 0 Å². The van der Waals surface area contributed by atoms with Gasteiger partial charge in [0.05, 0.1) is 11.3 Å². The number of hydrogen-bond donors (Lipinski definition) is 2. The second kappa shape index (κ2) is 3.01. The van der Waals surface area contributed by atoms with Gasteiger partial charge >= 0.3 is 0 Å². The molecule has 0 radical (unpaired) electrons. The summed E-state index contributed by atoms with van der Waals surface area (Å²) < 4.78 is 0.856. The predicted molar refractivity (Wildman–Crippen MR) is 54.1 cm³/mol. The first-order valence-corrected chi connectivity index (χ1v) is 4.91. The fourth-order valence-electron chi connectivity index (χ4n) is 1.53. The Bertz CT molecular complexity index is 445. The minimum Gasteiger partial charge on any atom is -0.506 e. The monoisotopic (exact) mass is 194 g/mol. The first-order valence-electron chi connectivity index (χ1n) is 4.03. The summed E-state index contributed by atoms with van der Waals surface area (Å²) in [7, 11) is 0. The third kappa shape index (κ3) is 1.20. The highest BCUT2D eigenvalue weighted by Crippen LogP contribution is 2.34. The van der Waals surface area contributed by atoms with Gasteiger partial charge in [-0.1, -0.05) is 0 Å². The molecule has 1 aromatic heterocycles. The molecule has 0 saturated carbocycles. The van der Waals surface area contributed by atoms with E-state index in [0.29, 0.717) is 5.75 Å². The molecule has 1 heterocycles. The number of aliphatic hydroxyl groups is 1. The predicted octanol–water partition coefficient (Wildman–Crippen LogP) is 2.41. The molecule has 2 nitrogen and oxygen atoms in total. The quantitative estimate of drug-likeness (QED) is 0.731. The Morgan fingerprint density at radius 3 is 2.92 bits per heavy atom. The molecule has 1 aromatic carbocycles. The van der Waals surface area contributed by atoms with Crippen LogP contribution in [-0.4, -0.2) is 10.2 Å². The van der Waals surface area contributed by atoms with Crippen LogP contribution in [0.15, 0.2) is 17.5 Å². The maximum absolute atomic E-state index is 9.59. The van der Waals surface area contributed by atoms with E-state index in [-0.39, 0.29) is 6.61 Å². The van der Waals surface area contributed by atoms with E-state index in [1.807, 2.05) is 18.4 Å². The van der Waals surface area contributed by atoms with Crippen LogP contribution in [0, 0.1) is 6.92 Å². The molecule has 0 amide bonds. The summed E-state index contributed by atoms with van der Waals surface area (Å²) in [5, 5.41) is 21.6. The first kappa shape index (κ1) is 8.53. The van der Waals surface area contributed by atoms with Crippen molar-refractivity contribution in [1.29, 1.82) is 0 Å². The van der Waals surface area contributed by atoms with Crippen LogP contribution in [0.2, 0.25) is 0 Å². The summed E-state index contributed by atoms with van der Waals surface area (Å²) in [5.74, 6) is 0.305. The Morgan fingerprint density at radius 1 is 1.46 bits per heavy atom. The van der Waals surface area contributed by atoms with Gasteiger partial charge in [0.25, 0.3) is 0 Å². The van der Waals surface area contributed by atoms with Gasteiger partial charge in [-0.3, -0.25) is 0 Å². The van der Waals surface area contributed by atoms with Crippen LogP contribution in [0.25, 0.3) is 10.1 Å². The molecular weight excluding hydrogens is 184 g/mol. The van der Waals surface area contributed by atoms with Crippen molar-refractivity contribution in [3.05, 3.63) is 28.6 Å². The van der Waals surface area contributed by atoms with Crippen molar-refractivity contribution < 1.29 is 10.2 Å². The zero-order valence-corrected chi connectivity index (χ0v) is 8.06. The van der Waals surface area contributed by atoms with Gasteiger partial charge in [0.15, 0.2) is 0 Å². The number of aromatic hydroxyl groups is 1. The summed E-state index contributed by atoms with van der Waals surface area (Å²) in [6.45, 7) is 1.92. The highest BCUT2D eigenvalue weighted by Gasteiger charge is 2.08. The second-order valence-corrected chi connectivity index (χ2v) is 3.93. The lowest BCUT2D eigenvalue weighted by atomic mass is 10.1. The van der Waals surface area contributed by atoms with Gasteiger partial charge in [0.2, 0.25) is 0 Å². The smallest absolute Gasteiger partial charge is 0.133 e. The van der Waals surface area contributed by atoms with Crippen LogP contribution < -0.4 is 0 Å². The highest BCUT2D eigenvalue weighted by molar-refractivity contribution is 7.17. The number of hydrogen-bond acceptors (Lipinski definition) is 3. The zero-order chi connectivity index (χ0) is 9.42. The van der Waals surface area contributed by atoms with Crippen molar-refractivity contribution in [2.75, 3.05) is 0 Å². The molecule has 0 fully saturated rings. The molecule has 0 aliphatic rings. The lowest BCUT2D eigenvalue weighted by Crippen LogP contribution is -1.88. The zero-order valence-electron chi connectivity index (χ0n) is 7.24. The molecule has 3 heteroatoms. The van der Waals surface area contributed by atoms with E-state index < -0.39 is 0 Å². The van der Waals surface area contributed by atoms with E-state index in [2.05, 4.69) is 0 Å². The van der Waals surface area contributed by atoms with Gasteiger partial charge in [-0.2, -0.15) is 0 Å². The summed E-state index contributed by atoms with van der Waals surface area (Å²) in [6.07, 6.45) is 0. The minimum absolute atomic E-state index is 0.0271. The molecule has 13 heavy (non-hydrogen) atoms. The van der Waals surface area contributed by atoms with Crippen LogP contribution in [0.4, 0.5) is 0 Å². The van der Waals surface area contributed by atoms with Crippen molar-refractivity contribution >= 4 is 21.4 Å². The highest BCUT2D eigenvalue weighted by atomic mass is 32.1. The van der Waals surface area contributed by atoms with Crippen LogP contribution in [0.3, 0.4) is 0 Å². The Hall–Kier alpha value is -1.06. The number of aliphatic hydroxyl groups excluding tert-OH is 1. The third-order valence-corrected chi connectivity index (χ3v) is 3.15. The third-order valence-electron chi connectivity index (χ3n) is 2.21. The van der Waals surface area contributed by atoms with Gasteiger partial charge < -0.3 is 10.2 Å². The summed E-state index contributed by atoms with van der Waals surface area (Å²) >= 11 is 1.49. The van der Waals surface area contributed by atoms with E-state index >= 15 is 0 Å². The first-order chi connectivity index (χ1) is 6.24. The lowest BCUT2D eigenvalue weighted by Gasteiger charge is -2.05. The van der Waals surface area contributed by atoms with E-state index in [9.17, 15) is 5.11 Å². The van der Waals surface area contributed by atoms with Crippen LogP contribution >= 0.6 is 11.3 Å². The molecule has 0 bridgehead atoms. The summed E-state index contributed by atoms with van der Waals surface area (Å²) in [6, 6.07) is 3.63. The molecular formula is C10H10O2S. The summed E-state index contributed by atoms with van der Waals surface area (Å²) in [5.41, 5.74) is 1.85. The molecule has 0 unspecified atom stereocenters. The van der Waals surface area contributed by atoms with Crippen LogP contribution in [0.1, 0.15) is 11.1 Å². The number of phenolic OH excluding ortho intramolecular Hbond substituents is 1. The molecule has 2 aromatic rings. The summed E-state index contributed by atoms with van der Waals surface area (Å²) in [4.78, 5) is 0. The molecule has 0 atom stereocenters. The van der Waals surface area contributed by atoms with Gasteiger partial charge in [-0.25, -0.2) is 0 Å². The van der Waals surface area contributed by atoms with Gasteiger partial charge in [0, 0.05) is 5.39 Å². The van der Waals surface area contributed by atoms with Gasteiger partial charge in [0.1, 0.15) is 5.75 Å². The Labute approximate surface area is 80.1 Å². The van der Waals surface area contributed by atoms with E-state index in [4.69, 9.17) is 5.11 Å². The Morgan fingerprint density at radius 2 is 2.23 bits per heavy atom. The lowest BCUT2D eigenvalue weighted by molar-refractivity contribution is 0.282. The Kier molecular flexibility index (Phi) is 1.98. The number of phenols is 1. The fourth-order valence-corrected chi connectivity index (χ4v) is 2.36. The maximum atomic E-state index is 9.59. The van der Waals surface area contributed by atoms with E-state index in [0.717, 1.165) is 21.2 Å². The molecule has 0 aliphatic carbocycles. The van der Waals surface area contributed by atoms with Crippen LogP contribution in [-0.2, 0) is 6.61 Å². The SMILES string of the molecule is Cc1cc(O)c2sccc2c1CO. The van der Waals surface area contributed by atoms with Crippen molar-refractivity contribution in [1.82, 2.24) is 0 Å². The Balaban J connectivity index is 2.88. The van der Waals surface area contributed by atoms with Crippen molar-refractivity contribution in [3.8, 4) is 5.75 Å². The number of rotatable bonds is 1. The van der Waals surface area contributed by atoms with E-state index in [1.54, 1.807) is 6.07 Å². The second-order valence-electron chi connectivity index (χ2n) is 3.01. The molecule has 68 valence electrons. The van der Waals surface area contributed by atoms with Crippen molar-refractivity contribution in [2.24, 2.45) is 0 Å². The molecule has 2 N–H and O–H groups in total. The van der Waals surface area contributed by atoms with Crippen LogP contribution in [0.5, 0.6) is 5.75 Å². The largest absolute Gasteiger partial charge is 0.506 e. The van der Waals surface area contributed by atoms with Gasteiger partial charge in [-0.15, -0.1) is 11.3 Å². The molecule has 2 rings (SSSR count). The van der Waals surface area contributed by atoms with E-state index in [1.165, 1.54) is 11.3 Å². The topological polar surface area (TPSA) is 40.5 Å². The average molecular weight is 194 g/mol. The van der Waals surface area contributed by atoms with Gasteiger partial charge in [-0.05, 0) is 35.6 Å². The standard InChI is InChI=1S/C10H10O2S/c1-6-4-9(12)10-7(2-3-13-10)8(6)5-11/h2-4,11-12H,5H2,1H3. The molecule has 0 aliphatic heterocycles. The maximum Gasteiger partial charge on any atom is 0.133 e. The number of aryl methyl sites for hydroxylation is 1. The molecule has 0 spiro atoms. The molecule has 0 saturated heterocycles. The number of thiophene rings is 1. The minimum atomic E-state index is 0.0271. The number of benzene rings is 1. The number of fused-ring (bicyclic) bond motifs is 1. The average Bonchev–Trinajstić information content (AvgIpc) is 2.53. The normalized spacial score (nSPS) is 10.9. The van der Waals surface area contributed by atoms with Crippen molar-refractivity contribution in [2.45, 2.75) is 13.5 Å².